The highest BCUT2D eigenvalue weighted by Crippen LogP contribution is 2.49. The second-order valence-corrected chi connectivity index (χ2v) is 10.1. The fourth-order valence-electron chi connectivity index (χ4n) is 5.71. The van der Waals surface area contributed by atoms with Gasteiger partial charge in [-0.25, -0.2) is 0 Å². The third-order valence-corrected chi connectivity index (χ3v) is 7.73. The summed E-state index contributed by atoms with van der Waals surface area (Å²) in [6, 6.07) is 22.8. The van der Waals surface area contributed by atoms with Gasteiger partial charge in [-0.05, 0) is 48.6 Å². The summed E-state index contributed by atoms with van der Waals surface area (Å²) < 4.78 is 22.3. The quantitative estimate of drug-likeness (QED) is 0.325. The lowest BCUT2D eigenvalue weighted by Crippen LogP contribution is -2.38. The van der Waals surface area contributed by atoms with Gasteiger partial charge < -0.3 is 18.9 Å². The maximum absolute atomic E-state index is 13.9. The first-order valence-corrected chi connectivity index (χ1v) is 13.3. The van der Waals surface area contributed by atoms with Crippen LogP contribution in [0.5, 0.6) is 17.2 Å². The summed E-state index contributed by atoms with van der Waals surface area (Å²) in [7, 11) is 4.79. The minimum atomic E-state index is -0.772. The van der Waals surface area contributed by atoms with Crippen LogP contribution in [0.2, 0.25) is 0 Å². The van der Waals surface area contributed by atoms with E-state index in [4.69, 9.17) is 23.9 Å². The number of nitrogens with zero attached hydrogens (tertiary/aromatic N) is 1. The smallest absolute Gasteiger partial charge is 0.315 e. The molecule has 0 saturated carbocycles. The van der Waals surface area contributed by atoms with Crippen molar-refractivity contribution in [2.45, 2.75) is 38.2 Å². The maximum atomic E-state index is 13.9. The molecule has 206 valence electrons. The number of ketones is 1. The molecule has 3 atom stereocenters. The lowest BCUT2D eigenvalue weighted by Gasteiger charge is -2.37. The van der Waals surface area contributed by atoms with E-state index in [0.29, 0.717) is 41.3 Å². The predicted molar refractivity (Wildman–Crippen MR) is 152 cm³/mol. The van der Waals surface area contributed by atoms with Gasteiger partial charge in [-0.2, -0.15) is 0 Å². The average Bonchev–Trinajstić information content (AvgIpc) is 2.99. The van der Waals surface area contributed by atoms with E-state index in [1.807, 2.05) is 73.7 Å². The van der Waals surface area contributed by atoms with Gasteiger partial charge in [-0.3, -0.25) is 14.6 Å². The zero-order valence-corrected chi connectivity index (χ0v) is 23.2. The first-order valence-electron chi connectivity index (χ1n) is 13.3. The van der Waals surface area contributed by atoms with Crippen LogP contribution < -0.4 is 14.2 Å². The van der Waals surface area contributed by atoms with Gasteiger partial charge >= 0.3 is 5.97 Å². The highest BCUT2D eigenvalue weighted by Gasteiger charge is 2.45. The molecule has 7 heteroatoms. The molecular formula is C33H33NO6. The van der Waals surface area contributed by atoms with Crippen molar-refractivity contribution in [1.29, 1.82) is 0 Å². The van der Waals surface area contributed by atoms with Crippen molar-refractivity contribution >= 4 is 17.5 Å². The Morgan fingerprint density at radius 3 is 2.25 bits per heavy atom. The molecule has 0 aromatic heterocycles. The monoisotopic (exact) mass is 539 g/mol. The minimum Gasteiger partial charge on any atom is -0.497 e. The third kappa shape index (κ3) is 5.37. The number of hydrogen-bond acceptors (Lipinski definition) is 7. The van der Waals surface area contributed by atoms with Gasteiger partial charge in [0.05, 0.1) is 21.3 Å². The zero-order chi connectivity index (χ0) is 28.2. The molecule has 1 aliphatic carbocycles. The standard InChI is InChI=1S/C33H33NO6/c1-20-30(33(36)40-19-21-8-6-5-7-9-21)31(26-15-14-25(38-3)18-29(26)39-4)32-27(34-20)16-23(17-28(32)35)22-10-12-24(37-2)13-11-22/h5-15,18,23,30-31H,16-17,19H2,1-4H3/t23-,30?,31-/m1/s1. The summed E-state index contributed by atoms with van der Waals surface area (Å²) in [5.41, 5.74) is 4.54. The molecule has 0 fully saturated rings. The largest absolute Gasteiger partial charge is 0.497 e. The van der Waals surface area contributed by atoms with E-state index in [9.17, 15) is 9.59 Å². The van der Waals surface area contributed by atoms with Crippen LogP contribution in [-0.2, 0) is 20.9 Å². The van der Waals surface area contributed by atoms with E-state index < -0.39 is 17.8 Å². The van der Waals surface area contributed by atoms with Crippen LogP contribution in [0, 0.1) is 5.92 Å². The molecule has 3 aromatic carbocycles. The summed E-state index contributed by atoms with van der Waals surface area (Å²) in [6.45, 7) is 1.97. The molecule has 2 aliphatic rings. The van der Waals surface area contributed by atoms with Gasteiger partial charge in [0.25, 0.3) is 0 Å². The van der Waals surface area contributed by atoms with Crippen LogP contribution in [0.15, 0.2) is 89.1 Å². The van der Waals surface area contributed by atoms with Crippen LogP contribution in [0.1, 0.15) is 48.3 Å². The number of ether oxygens (including phenoxy) is 4. The Hall–Kier alpha value is -4.39. The SMILES string of the molecule is COc1ccc([C@H]2CC(=O)C3=C(C2)N=C(C)C(C(=O)OCc2ccccc2)[C@H]3c2ccc(OC)cc2OC)cc1. The highest BCUT2D eigenvalue weighted by atomic mass is 16.5. The van der Waals surface area contributed by atoms with Crippen molar-refractivity contribution in [3.05, 3.63) is 101 Å². The van der Waals surface area contributed by atoms with Gasteiger partial charge in [0.2, 0.25) is 0 Å². The molecule has 1 unspecified atom stereocenters. The summed E-state index contributed by atoms with van der Waals surface area (Å²) in [5, 5.41) is 0. The van der Waals surface area contributed by atoms with Gasteiger partial charge in [0.1, 0.15) is 29.8 Å². The number of aliphatic imine (C=N–C) groups is 1. The molecule has 0 saturated heterocycles. The number of rotatable bonds is 8. The minimum absolute atomic E-state index is 0.0197. The zero-order valence-electron chi connectivity index (χ0n) is 23.2. The first kappa shape index (κ1) is 27.2. The highest BCUT2D eigenvalue weighted by molar-refractivity contribution is 6.09. The molecule has 0 spiro atoms. The molecule has 5 rings (SSSR count). The third-order valence-electron chi connectivity index (χ3n) is 7.73. The summed E-state index contributed by atoms with van der Waals surface area (Å²) in [4.78, 5) is 32.5. The second kappa shape index (κ2) is 11.8. The number of Topliss-reactive ketones (excluding diaryl/α,β-unsaturated/α-hetero) is 1. The normalized spacial score (nSPS) is 20.4. The summed E-state index contributed by atoms with van der Waals surface area (Å²) in [5.74, 6) is 0.0824. The van der Waals surface area contributed by atoms with Gasteiger partial charge in [0.15, 0.2) is 5.78 Å². The molecule has 3 aromatic rings. The Labute approximate surface area is 234 Å². The second-order valence-electron chi connectivity index (χ2n) is 10.1. The van der Waals surface area contributed by atoms with Crippen molar-refractivity contribution < 1.29 is 28.5 Å². The number of allylic oxidation sites excluding steroid dienone is 2. The van der Waals surface area contributed by atoms with E-state index in [1.54, 1.807) is 27.4 Å². The van der Waals surface area contributed by atoms with Crippen molar-refractivity contribution in [1.82, 2.24) is 0 Å². The number of methoxy groups -OCH3 is 3. The van der Waals surface area contributed by atoms with Crippen LogP contribution in [0.3, 0.4) is 0 Å². The van der Waals surface area contributed by atoms with E-state index in [-0.39, 0.29) is 18.3 Å². The summed E-state index contributed by atoms with van der Waals surface area (Å²) in [6.07, 6.45) is 0.909. The van der Waals surface area contributed by atoms with Crippen molar-refractivity contribution in [2.75, 3.05) is 21.3 Å². The lowest BCUT2D eigenvalue weighted by molar-refractivity contribution is -0.148. The van der Waals surface area contributed by atoms with Gasteiger partial charge in [-0.15, -0.1) is 0 Å². The fourth-order valence-corrected chi connectivity index (χ4v) is 5.71. The van der Waals surface area contributed by atoms with Crippen molar-refractivity contribution in [2.24, 2.45) is 10.9 Å². The Balaban J connectivity index is 1.55. The predicted octanol–water partition coefficient (Wildman–Crippen LogP) is 6.03. The molecule has 40 heavy (non-hydrogen) atoms. The van der Waals surface area contributed by atoms with Crippen LogP contribution >= 0.6 is 0 Å². The molecule has 7 nitrogen and oxygen atoms in total. The van der Waals surface area contributed by atoms with Gasteiger partial charge in [0, 0.05) is 41.0 Å². The number of carbonyl (C=O) groups is 2. The molecule has 1 aliphatic heterocycles. The average molecular weight is 540 g/mol. The summed E-state index contributed by atoms with van der Waals surface area (Å²) >= 11 is 0. The van der Waals surface area contributed by atoms with Gasteiger partial charge in [-0.1, -0.05) is 48.5 Å². The number of esters is 1. The maximum Gasteiger partial charge on any atom is 0.315 e. The molecule has 0 N–H and O–H groups in total. The lowest BCUT2D eigenvalue weighted by atomic mass is 9.69. The number of benzene rings is 3. The number of hydrogen-bond donors (Lipinski definition) is 0. The molecule has 0 amide bonds. The van der Waals surface area contributed by atoms with Crippen molar-refractivity contribution in [3.63, 3.8) is 0 Å². The van der Waals surface area contributed by atoms with Crippen LogP contribution in [-0.4, -0.2) is 38.8 Å². The Bertz CT molecular complexity index is 1460. The van der Waals surface area contributed by atoms with Crippen LogP contribution in [0.25, 0.3) is 0 Å². The Morgan fingerprint density at radius 2 is 1.57 bits per heavy atom. The van der Waals surface area contributed by atoms with Crippen molar-refractivity contribution in [3.8, 4) is 17.2 Å². The molecule has 0 bridgehead atoms. The molecular weight excluding hydrogens is 506 g/mol. The van der Waals surface area contributed by atoms with Crippen LogP contribution in [0.4, 0.5) is 0 Å². The van der Waals surface area contributed by atoms with E-state index >= 15 is 0 Å². The fraction of sp³-hybridized carbons (Fsp3) is 0.303. The first-order chi connectivity index (χ1) is 19.4. The molecule has 1 heterocycles. The Morgan fingerprint density at radius 1 is 0.875 bits per heavy atom. The van der Waals surface area contributed by atoms with E-state index in [1.165, 1.54) is 0 Å². The van der Waals surface area contributed by atoms with E-state index in [2.05, 4.69) is 0 Å². The van der Waals surface area contributed by atoms with E-state index in [0.717, 1.165) is 22.4 Å². The topological polar surface area (TPSA) is 83.4 Å². The number of carbonyl (C=O) groups excluding carboxylic acids is 2. The molecule has 0 radical (unpaired) electrons. The Kier molecular flexibility index (Phi) is 8.01.